The number of halogens is 1. The second kappa shape index (κ2) is 7.91. The van der Waals surface area contributed by atoms with Crippen molar-refractivity contribution in [3.8, 4) is 0 Å². The van der Waals surface area contributed by atoms with Crippen molar-refractivity contribution in [3.05, 3.63) is 39.7 Å². The van der Waals surface area contributed by atoms with Gasteiger partial charge in [-0.2, -0.15) is 4.39 Å². The predicted octanol–water partition coefficient (Wildman–Crippen LogP) is 2.55. The lowest BCUT2D eigenvalue weighted by Crippen LogP contribution is -2.34. The van der Waals surface area contributed by atoms with Crippen LogP contribution in [0.15, 0.2) is 18.2 Å². The first-order chi connectivity index (χ1) is 9.45. The van der Waals surface area contributed by atoms with E-state index in [1.165, 1.54) is 12.1 Å². The molecule has 0 saturated heterocycles. The van der Waals surface area contributed by atoms with Crippen LogP contribution >= 0.6 is 0 Å². The van der Waals surface area contributed by atoms with Crippen molar-refractivity contribution < 1.29 is 9.31 Å². The summed E-state index contributed by atoms with van der Waals surface area (Å²) < 4.78 is 13.4. The lowest BCUT2D eigenvalue weighted by molar-refractivity contribution is -0.387. The van der Waals surface area contributed by atoms with Gasteiger partial charge in [0.1, 0.15) is 0 Å². The Bertz CT molecular complexity index is 454. The van der Waals surface area contributed by atoms with E-state index in [0.29, 0.717) is 18.2 Å². The van der Waals surface area contributed by atoms with Crippen LogP contribution in [-0.4, -0.2) is 36.0 Å². The highest BCUT2D eigenvalue weighted by Gasteiger charge is 2.13. The van der Waals surface area contributed by atoms with Crippen molar-refractivity contribution in [2.45, 2.75) is 32.9 Å². The Morgan fingerprint density at radius 3 is 2.75 bits per heavy atom. The first kappa shape index (κ1) is 16.5. The van der Waals surface area contributed by atoms with E-state index in [-0.39, 0.29) is 0 Å². The van der Waals surface area contributed by atoms with Gasteiger partial charge < -0.3 is 10.2 Å². The van der Waals surface area contributed by atoms with Crippen LogP contribution in [0, 0.1) is 15.9 Å². The molecular weight excluding hydrogens is 261 g/mol. The fourth-order valence-electron chi connectivity index (χ4n) is 1.83. The molecule has 0 saturated carbocycles. The molecule has 1 unspecified atom stereocenters. The van der Waals surface area contributed by atoms with Crippen LogP contribution in [0.3, 0.4) is 0 Å². The van der Waals surface area contributed by atoms with E-state index in [0.717, 1.165) is 19.5 Å². The maximum atomic E-state index is 13.4. The molecule has 5 nitrogen and oxygen atoms in total. The van der Waals surface area contributed by atoms with Gasteiger partial charge in [0.25, 0.3) is 0 Å². The highest BCUT2D eigenvalue weighted by molar-refractivity contribution is 5.34. The zero-order valence-corrected chi connectivity index (χ0v) is 12.2. The van der Waals surface area contributed by atoms with Crippen LogP contribution in [0.2, 0.25) is 0 Å². The minimum atomic E-state index is -0.786. The molecule has 0 aliphatic heterocycles. The molecule has 6 heteroatoms. The number of benzene rings is 1. The molecule has 1 aromatic carbocycles. The standard InChI is InChI=1S/C14H22FN3O2/c1-4-11(2)17(3)8-7-16-10-12-5-6-14(18(19)20)13(15)9-12/h5-6,9,11,16H,4,7-8,10H2,1-3H3. The van der Waals surface area contributed by atoms with Crippen LogP contribution < -0.4 is 5.32 Å². The SMILES string of the molecule is CCC(C)N(C)CCNCc1ccc([N+](=O)[O-])c(F)c1. The largest absolute Gasteiger partial charge is 0.311 e. The molecule has 0 aromatic heterocycles. The zero-order valence-electron chi connectivity index (χ0n) is 12.2. The van der Waals surface area contributed by atoms with Gasteiger partial charge in [0, 0.05) is 31.7 Å². The fourth-order valence-corrected chi connectivity index (χ4v) is 1.83. The summed E-state index contributed by atoms with van der Waals surface area (Å²) in [4.78, 5) is 12.0. The van der Waals surface area contributed by atoms with Gasteiger partial charge in [0.05, 0.1) is 4.92 Å². The molecule has 0 heterocycles. The summed E-state index contributed by atoms with van der Waals surface area (Å²) >= 11 is 0. The van der Waals surface area contributed by atoms with Gasteiger partial charge >= 0.3 is 5.69 Å². The van der Waals surface area contributed by atoms with E-state index < -0.39 is 16.4 Å². The topological polar surface area (TPSA) is 58.4 Å². The average Bonchev–Trinajstić information content (AvgIpc) is 2.42. The van der Waals surface area contributed by atoms with Crippen molar-refractivity contribution in [1.29, 1.82) is 0 Å². The summed E-state index contributed by atoms with van der Waals surface area (Å²) in [7, 11) is 2.07. The van der Waals surface area contributed by atoms with Gasteiger partial charge in [-0.05, 0) is 32.0 Å². The first-order valence-corrected chi connectivity index (χ1v) is 6.79. The molecule has 1 N–H and O–H groups in total. The minimum Gasteiger partial charge on any atom is -0.311 e. The van der Waals surface area contributed by atoms with E-state index >= 15 is 0 Å². The van der Waals surface area contributed by atoms with Crippen LogP contribution in [-0.2, 0) is 6.54 Å². The Balaban J connectivity index is 2.39. The normalized spacial score (nSPS) is 12.7. The van der Waals surface area contributed by atoms with Gasteiger partial charge in [0.2, 0.25) is 5.82 Å². The summed E-state index contributed by atoms with van der Waals surface area (Å²) in [6.07, 6.45) is 1.10. The average molecular weight is 283 g/mol. The first-order valence-electron chi connectivity index (χ1n) is 6.79. The summed E-state index contributed by atoms with van der Waals surface area (Å²) in [5.74, 6) is -0.786. The number of nitro benzene ring substituents is 1. The van der Waals surface area contributed by atoms with Crippen molar-refractivity contribution in [1.82, 2.24) is 10.2 Å². The second-order valence-electron chi connectivity index (χ2n) is 4.96. The molecule has 1 aromatic rings. The molecule has 0 amide bonds. The number of nitrogens with zero attached hydrogens (tertiary/aromatic N) is 2. The third-order valence-corrected chi connectivity index (χ3v) is 3.52. The van der Waals surface area contributed by atoms with E-state index in [2.05, 4.69) is 31.1 Å². The summed E-state index contributed by atoms with van der Waals surface area (Å²) in [5.41, 5.74) is 0.226. The molecule has 1 rings (SSSR count). The number of nitro groups is 1. The lowest BCUT2D eigenvalue weighted by atomic mass is 10.2. The number of rotatable bonds is 8. The van der Waals surface area contributed by atoms with Gasteiger partial charge in [-0.15, -0.1) is 0 Å². The molecule has 112 valence electrons. The van der Waals surface area contributed by atoms with Gasteiger partial charge in [-0.3, -0.25) is 10.1 Å². The molecule has 0 fully saturated rings. The smallest absolute Gasteiger partial charge is 0.304 e. The lowest BCUT2D eigenvalue weighted by Gasteiger charge is -2.23. The van der Waals surface area contributed by atoms with Gasteiger partial charge in [-0.25, -0.2) is 0 Å². The number of hydrogen-bond donors (Lipinski definition) is 1. The van der Waals surface area contributed by atoms with Crippen molar-refractivity contribution >= 4 is 5.69 Å². The van der Waals surface area contributed by atoms with E-state index in [1.807, 2.05) is 0 Å². The number of hydrogen-bond acceptors (Lipinski definition) is 4. The van der Waals surface area contributed by atoms with Crippen LogP contribution in [0.1, 0.15) is 25.8 Å². The van der Waals surface area contributed by atoms with Crippen molar-refractivity contribution in [3.63, 3.8) is 0 Å². The summed E-state index contributed by atoms with van der Waals surface area (Å²) in [6, 6.07) is 4.53. The summed E-state index contributed by atoms with van der Waals surface area (Å²) in [5, 5.41) is 13.7. The Morgan fingerprint density at radius 2 is 2.20 bits per heavy atom. The van der Waals surface area contributed by atoms with E-state index in [1.54, 1.807) is 6.07 Å². The zero-order chi connectivity index (χ0) is 15.1. The Labute approximate surface area is 118 Å². The van der Waals surface area contributed by atoms with Crippen LogP contribution in [0.4, 0.5) is 10.1 Å². The Morgan fingerprint density at radius 1 is 1.50 bits per heavy atom. The van der Waals surface area contributed by atoms with E-state index in [9.17, 15) is 14.5 Å². The molecule has 20 heavy (non-hydrogen) atoms. The maximum absolute atomic E-state index is 13.4. The molecule has 0 aliphatic rings. The van der Waals surface area contributed by atoms with Crippen LogP contribution in [0.5, 0.6) is 0 Å². The molecule has 1 atom stereocenters. The van der Waals surface area contributed by atoms with E-state index in [4.69, 9.17) is 0 Å². The monoisotopic (exact) mass is 283 g/mol. The van der Waals surface area contributed by atoms with Gasteiger partial charge in [-0.1, -0.05) is 13.0 Å². The second-order valence-corrected chi connectivity index (χ2v) is 4.96. The molecule has 0 aliphatic carbocycles. The molecule has 0 spiro atoms. The number of likely N-dealkylation sites (N-methyl/N-ethyl adjacent to an activating group) is 1. The molecular formula is C14H22FN3O2. The fraction of sp³-hybridized carbons (Fsp3) is 0.571. The third-order valence-electron chi connectivity index (χ3n) is 3.52. The molecule has 0 bridgehead atoms. The Kier molecular flexibility index (Phi) is 6.54. The van der Waals surface area contributed by atoms with Crippen molar-refractivity contribution in [2.75, 3.05) is 20.1 Å². The van der Waals surface area contributed by atoms with Crippen molar-refractivity contribution in [2.24, 2.45) is 0 Å². The Hall–Kier alpha value is -1.53. The van der Waals surface area contributed by atoms with Gasteiger partial charge in [0.15, 0.2) is 0 Å². The third kappa shape index (κ3) is 4.86. The maximum Gasteiger partial charge on any atom is 0.304 e. The quantitative estimate of drug-likeness (QED) is 0.452. The minimum absolute atomic E-state index is 0.481. The summed E-state index contributed by atoms with van der Waals surface area (Å²) in [6.45, 7) is 6.52. The highest BCUT2D eigenvalue weighted by atomic mass is 19.1. The highest BCUT2D eigenvalue weighted by Crippen LogP contribution is 2.17. The molecule has 0 radical (unpaired) electrons. The van der Waals surface area contributed by atoms with Crippen LogP contribution in [0.25, 0.3) is 0 Å². The number of nitrogens with one attached hydrogen (secondary N) is 1. The predicted molar refractivity (Wildman–Crippen MR) is 77.1 cm³/mol.